The Hall–Kier alpha value is -3.30. The van der Waals surface area contributed by atoms with Gasteiger partial charge in [-0.25, -0.2) is 4.79 Å². The van der Waals surface area contributed by atoms with Gasteiger partial charge in [-0.2, -0.15) is 0 Å². The molecule has 5 N–H and O–H groups in total. The maximum atomic E-state index is 14.0. The summed E-state index contributed by atoms with van der Waals surface area (Å²) in [6, 6.07) is 2.08. The van der Waals surface area contributed by atoms with Gasteiger partial charge < -0.3 is 31.1 Å². The molecule has 0 aromatic heterocycles. The summed E-state index contributed by atoms with van der Waals surface area (Å²) in [7, 11) is 0. The molecule has 36 heavy (non-hydrogen) atoms. The highest BCUT2D eigenvalue weighted by molar-refractivity contribution is 5.95. The molecule has 2 atom stereocenters. The molecule has 1 aliphatic carbocycles. The number of nitrogens with one attached hydrogen (secondary N) is 2. The van der Waals surface area contributed by atoms with E-state index in [2.05, 4.69) is 10.6 Å². The number of aryl methyl sites for hydroxylation is 1. The van der Waals surface area contributed by atoms with Crippen LogP contribution in [0.25, 0.3) is 0 Å². The summed E-state index contributed by atoms with van der Waals surface area (Å²) in [6.07, 6.45) is 0.877. The van der Waals surface area contributed by atoms with Crippen molar-refractivity contribution < 1.29 is 29.0 Å². The predicted molar refractivity (Wildman–Crippen MR) is 135 cm³/mol. The van der Waals surface area contributed by atoms with Crippen molar-refractivity contribution in [2.24, 2.45) is 5.73 Å². The second-order valence-electron chi connectivity index (χ2n) is 11.4. The molecule has 2 unspecified atom stereocenters. The van der Waals surface area contributed by atoms with Crippen molar-refractivity contribution in [3.63, 3.8) is 0 Å². The molecule has 1 fully saturated rings. The minimum absolute atomic E-state index is 0.0634. The van der Waals surface area contributed by atoms with Crippen LogP contribution in [0.1, 0.15) is 84.4 Å². The van der Waals surface area contributed by atoms with Crippen LogP contribution in [0, 0.1) is 6.92 Å². The smallest absolute Gasteiger partial charge is 0.408 e. The van der Waals surface area contributed by atoms with Gasteiger partial charge in [0.05, 0.1) is 6.42 Å². The van der Waals surface area contributed by atoms with Gasteiger partial charge in [0, 0.05) is 11.6 Å². The van der Waals surface area contributed by atoms with Gasteiger partial charge in [0.15, 0.2) is 0 Å². The van der Waals surface area contributed by atoms with E-state index in [1.165, 1.54) is 11.0 Å². The number of carbonyl (C=O) groups excluding carboxylic acids is 4. The molecule has 0 spiro atoms. The molecule has 1 aliphatic rings. The zero-order valence-electron chi connectivity index (χ0n) is 22.3. The van der Waals surface area contributed by atoms with E-state index in [0.717, 1.165) is 6.42 Å². The maximum Gasteiger partial charge on any atom is 0.408 e. The quantitative estimate of drug-likeness (QED) is 0.427. The van der Waals surface area contributed by atoms with Crippen molar-refractivity contribution >= 4 is 23.8 Å². The molecule has 10 heteroatoms. The Bertz CT molecular complexity index is 991. The van der Waals surface area contributed by atoms with Gasteiger partial charge in [-0.05, 0) is 91.0 Å². The van der Waals surface area contributed by atoms with Gasteiger partial charge in [-0.3, -0.25) is 14.4 Å². The lowest BCUT2D eigenvalue weighted by Gasteiger charge is -2.44. The largest absolute Gasteiger partial charge is 0.508 e. The molecule has 0 aliphatic heterocycles. The van der Waals surface area contributed by atoms with E-state index in [1.807, 2.05) is 20.8 Å². The summed E-state index contributed by atoms with van der Waals surface area (Å²) in [6.45, 7) is 12.2. The topological polar surface area (TPSA) is 151 Å². The van der Waals surface area contributed by atoms with Crippen LogP contribution in [0.2, 0.25) is 0 Å². The lowest BCUT2D eigenvalue weighted by atomic mass is 9.87. The number of hydrogen-bond acceptors (Lipinski definition) is 6. The fourth-order valence-electron chi connectivity index (χ4n) is 3.94. The van der Waals surface area contributed by atoms with Crippen LogP contribution in [0.5, 0.6) is 5.75 Å². The average molecular weight is 505 g/mol. The molecule has 0 bridgehead atoms. The molecule has 1 aromatic rings. The van der Waals surface area contributed by atoms with Crippen LogP contribution in [0.4, 0.5) is 4.79 Å². The number of hydrogen-bond donors (Lipinski definition) is 4. The first-order valence-corrected chi connectivity index (χ1v) is 12.2. The molecule has 10 nitrogen and oxygen atoms in total. The Morgan fingerprint density at radius 2 is 1.75 bits per heavy atom. The molecule has 200 valence electrons. The number of phenols is 1. The number of primary amides is 1. The van der Waals surface area contributed by atoms with E-state index >= 15 is 0 Å². The summed E-state index contributed by atoms with van der Waals surface area (Å²) in [5, 5.41) is 15.5. The fraction of sp³-hybridized carbons (Fsp3) is 0.615. The second-order valence-corrected chi connectivity index (χ2v) is 11.4. The number of amides is 4. The number of benzene rings is 1. The van der Waals surface area contributed by atoms with E-state index in [9.17, 15) is 24.3 Å². The van der Waals surface area contributed by atoms with Crippen LogP contribution in [0.15, 0.2) is 18.2 Å². The van der Waals surface area contributed by atoms with E-state index in [1.54, 1.807) is 39.8 Å². The molecule has 1 saturated carbocycles. The lowest BCUT2D eigenvalue weighted by Crippen LogP contribution is -2.59. The van der Waals surface area contributed by atoms with Crippen molar-refractivity contribution in [3.8, 4) is 5.75 Å². The van der Waals surface area contributed by atoms with Crippen LogP contribution in [-0.4, -0.2) is 57.0 Å². The van der Waals surface area contributed by atoms with Gasteiger partial charge in [-0.1, -0.05) is 6.07 Å². The highest BCUT2D eigenvalue weighted by Gasteiger charge is 2.43. The number of phenolic OH excluding ortho intramolecular Hbond substituents is 1. The summed E-state index contributed by atoms with van der Waals surface area (Å²) in [5.74, 6) is -1.74. The fourth-order valence-corrected chi connectivity index (χ4v) is 3.94. The molecular weight excluding hydrogens is 464 g/mol. The van der Waals surface area contributed by atoms with Crippen molar-refractivity contribution in [3.05, 3.63) is 29.3 Å². The standard InChI is InChI=1S/C26H40N4O6/c1-15-13-16(11-12-19(15)31)21(22(33)29-25(2,3)4)30(17-9-8-10-17)23(34)18(14-20(27)32)28-24(35)36-26(5,6)7/h11-13,17-18,21,31H,8-10,14H2,1-7H3,(H2,27,32)(H,28,35)(H,29,33). The van der Waals surface area contributed by atoms with Crippen LogP contribution < -0.4 is 16.4 Å². The van der Waals surface area contributed by atoms with E-state index in [0.29, 0.717) is 24.0 Å². The molecule has 1 aromatic carbocycles. The molecule has 4 amide bonds. The number of aromatic hydroxyl groups is 1. The van der Waals surface area contributed by atoms with Crippen LogP contribution in [0.3, 0.4) is 0 Å². The number of carbonyl (C=O) groups is 4. The number of nitrogens with two attached hydrogens (primary N) is 1. The molecule has 0 radical (unpaired) electrons. The number of nitrogens with zero attached hydrogens (tertiary/aromatic N) is 1. The van der Waals surface area contributed by atoms with E-state index in [4.69, 9.17) is 10.5 Å². The van der Waals surface area contributed by atoms with Crippen LogP contribution in [-0.2, 0) is 19.1 Å². The third-order valence-electron chi connectivity index (χ3n) is 5.68. The number of alkyl carbamates (subject to hydrolysis) is 1. The number of ether oxygens (including phenoxy) is 1. The van der Waals surface area contributed by atoms with Crippen molar-refractivity contribution in [1.29, 1.82) is 0 Å². The highest BCUT2D eigenvalue weighted by atomic mass is 16.6. The van der Waals surface area contributed by atoms with Crippen LogP contribution >= 0.6 is 0 Å². The van der Waals surface area contributed by atoms with Gasteiger partial charge in [-0.15, -0.1) is 0 Å². The molecule has 0 saturated heterocycles. The Balaban J connectivity index is 2.55. The van der Waals surface area contributed by atoms with Gasteiger partial charge in [0.25, 0.3) is 0 Å². The minimum Gasteiger partial charge on any atom is -0.508 e. The van der Waals surface area contributed by atoms with E-state index < -0.39 is 53.5 Å². The summed E-state index contributed by atoms with van der Waals surface area (Å²) < 4.78 is 5.29. The lowest BCUT2D eigenvalue weighted by molar-refractivity contribution is -0.148. The molecule has 2 rings (SSSR count). The SMILES string of the molecule is Cc1cc(C(C(=O)NC(C)(C)C)N(C(=O)C(CC(N)=O)NC(=O)OC(C)(C)C)C2CCC2)ccc1O. The summed E-state index contributed by atoms with van der Waals surface area (Å²) >= 11 is 0. The van der Waals surface area contributed by atoms with Gasteiger partial charge in [0.2, 0.25) is 17.7 Å². The van der Waals surface area contributed by atoms with Crippen molar-refractivity contribution in [1.82, 2.24) is 15.5 Å². The number of rotatable bonds is 8. The third kappa shape index (κ3) is 8.13. The molecular formula is C26H40N4O6. The first kappa shape index (κ1) is 28.9. The monoisotopic (exact) mass is 504 g/mol. The molecule has 0 heterocycles. The Morgan fingerprint density at radius 3 is 2.19 bits per heavy atom. The normalized spacial score (nSPS) is 15.8. The summed E-state index contributed by atoms with van der Waals surface area (Å²) in [4.78, 5) is 53.4. The Kier molecular flexibility index (Phi) is 8.98. The first-order valence-electron chi connectivity index (χ1n) is 12.2. The highest BCUT2D eigenvalue weighted by Crippen LogP contribution is 2.35. The zero-order chi connectivity index (χ0) is 27.4. The minimum atomic E-state index is -1.32. The maximum absolute atomic E-state index is 14.0. The van der Waals surface area contributed by atoms with Crippen molar-refractivity contribution in [2.75, 3.05) is 0 Å². The second kappa shape index (κ2) is 11.2. The predicted octanol–water partition coefficient (Wildman–Crippen LogP) is 2.81. The van der Waals surface area contributed by atoms with Crippen molar-refractivity contribution in [2.45, 2.75) is 103 Å². The third-order valence-corrected chi connectivity index (χ3v) is 5.68. The Morgan fingerprint density at radius 1 is 1.14 bits per heavy atom. The Labute approximate surface area is 212 Å². The van der Waals surface area contributed by atoms with E-state index in [-0.39, 0.29) is 11.8 Å². The zero-order valence-corrected chi connectivity index (χ0v) is 22.3. The van der Waals surface area contributed by atoms with Gasteiger partial charge >= 0.3 is 6.09 Å². The average Bonchev–Trinajstić information content (AvgIpc) is 2.64. The summed E-state index contributed by atoms with van der Waals surface area (Å²) in [5.41, 5.74) is 5.05. The first-order chi connectivity index (χ1) is 16.5. The van der Waals surface area contributed by atoms with Gasteiger partial charge in [0.1, 0.15) is 23.4 Å².